The third-order valence-corrected chi connectivity index (χ3v) is 6.97. The van der Waals surface area contributed by atoms with E-state index in [0.29, 0.717) is 18.5 Å². The first kappa shape index (κ1) is 14.7. The highest BCUT2D eigenvalue weighted by molar-refractivity contribution is 9.11. The van der Waals surface area contributed by atoms with Crippen LogP contribution in [-0.2, 0) is 9.73 Å². The number of thiophene rings is 1. The smallest absolute Gasteiger partial charge is 0.133 e. The Labute approximate surface area is 131 Å². The maximum atomic E-state index is 12.7. The van der Waals surface area contributed by atoms with Gasteiger partial charge in [0, 0.05) is 4.47 Å². The van der Waals surface area contributed by atoms with E-state index in [4.69, 9.17) is 15.9 Å². The first-order chi connectivity index (χ1) is 8.82. The van der Waals surface area contributed by atoms with Crippen LogP contribution in [0.3, 0.4) is 0 Å². The number of nitrogens with one attached hydrogen (secondary N) is 2. The average Bonchev–Trinajstić information content (AvgIpc) is 2.72. The third-order valence-electron chi connectivity index (χ3n) is 2.36. The van der Waals surface area contributed by atoms with Gasteiger partial charge in [-0.1, -0.05) is 22.0 Å². The molecular weight excluding hydrogens is 414 g/mol. The molecule has 8 heteroatoms. The van der Waals surface area contributed by atoms with Crippen LogP contribution in [-0.4, -0.2) is 10.0 Å². The van der Waals surface area contributed by atoms with Crippen LogP contribution in [0.5, 0.6) is 0 Å². The zero-order valence-electron chi connectivity index (χ0n) is 9.44. The molecule has 0 bridgehead atoms. The Bertz CT molecular complexity index is 753. The summed E-state index contributed by atoms with van der Waals surface area (Å²) >= 11 is 7.80. The van der Waals surface area contributed by atoms with E-state index in [1.165, 1.54) is 17.4 Å². The van der Waals surface area contributed by atoms with Crippen LogP contribution in [0.4, 0.5) is 0 Å². The fraction of sp³-hybridized carbons (Fsp3) is 0. The van der Waals surface area contributed by atoms with Crippen molar-refractivity contribution >= 4 is 58.8 Å². The number of amidine groups is 1. The average molecular weight is 423 g/mol. The van der Waals surface area contributed by atoms with Gasteiger partial charge in [-0.25, -0.2) is 8.99 Å². The predicted octanol–water partition coefficient (Wildman–Crippen LogP) is 4.02. The molecular formula is C11H9Br2N3OS2. The molecule has 1 aromatic carbocycles. The van der Waals surface area contributed by atoms with Crippen molar-refractivity contribution in [1.82, 2.24) is 0 Å². The molecule has 0 amide bonds. The standard InChI is InChI=1S/C11H9Br2N3OS2/c12-6-2-1-3-7(4-6)19(16,17)9-5-8(11(14)15)18-10(9)13/h1-5,16H,(H3,14,15). The molecule has 0 spiro atoms. The summed E-state index contributed by atoms with van der Waals surface area (Å²) in [5.41, 5.74) is 5.41. The molecule has 19 heavy (non-hydrogen) atoms. The molecule has 0 radical (unpaired) electrons. The number of nitrogens with two attached hydrogens (primary N) is 1. The van der Waals surface area contributed by atoms with Crippen molar-refractivity contribution in [2.45, 2.75) is 9.79 Å². The van der Waals surface area contributed by atoms with E-state index in [1.54, 1.807) is 18.2 Å². The SMILES string of the molecule is N=C(N)c1cc(S(=N)(=O)c2cccc(Br)c2)c(Br)s1. The largest absolute Gasteiger partial charge is 0.383 e. The summed E-state index contributed by atoms with van der Waals surface area (Å²) in [7, 11) is -3.12. The lowest BCUT2D eigenvalue weighted by atomic mass is 10.4. The highest BCUT2D eigenvalue weighted by Gasteiger charge is 2.20. The Morgan fingerprint density at radius 2 is 2.00 bits per heavy atom. The molecule has 0 saturated heterocycles. The number of hydrogen-bond acceptors (Lipinski definition) is 4. The van der Waals surface area contributed by atoms with E-state index in [9.17, 15) is 4.21 Å². The molecule has 1 aromatic heterocycles. The van der Waals surface area contributed by atoms with Crippen LogP contribution >= 0.6 is 43.2 Å². The third kappa shape index (κ3) is 2.91. The first-order valence-electron chi connectivity index (χ1n) is 5.00. The van der Waals surface area contributed by atoms with E-state index >= 15 is 0 Å². The topological polar surface area (TPSA) is 90.8 Å². The monoisotopic (exact) mass is 421 g/mol. The molecule has 1 heterocycles. The summed E-state index contributed by atoms with van der Waals surface area (Å²) in [6, 6.07) is 8.39. The van der Waals surface area contributed by atoms with Gasteiger partial charge >= 0.3 is 0 Å². The van der Waals surface area contributed by atoms with E-state index in [-0.39, 0.29) is 5.84 Å². The van der Waals surface area contributed by atoms with Crippen molar-refractivity contribution in [3.05, 3.63) is 43.5 Å². The predicted molar refractivity (Wildman–Crippen MR) is 84.6 cm³/mol. The highest BCUT2D eigenvalue weighted by atomic mass is 79.9. The van der Waals surface area contributed by atoms with Crippen molar-refractivity contribution in [3.8, 4) is 0 Å². The van der Waals surface area contributed by atoms with Crippen molar-refractivity contribution in [2.24, 2.45) is 5.73 Å². The lowest BCUT2D eigenvalue weighted by molar-refractivity contribution is 0.674. The Kier molecular flexibility index (Phi) is 4.14. The second kappa shape index (κ2) is 5.35. The van der Waals surface area contributed by atoms with Crippen LogP contribution in [0.25, 0.3) is 0 Å². The normalized spacial score (nSPS) is 14.0. The zero-order valence-corrected chi connectivity index (χ0v) is 14.2. The second-order valence-corrected chi connectivity index (χ2v) is 8.99. The maximum absolute atomic E-state index is 12.7. The summed E-state index contributed by atoms with van der Waals surface area (Å²) in [5, 5.41) is 7.39. The van der Waals surface area contributed by atoms with Crippen molar-refractivity contribution in [1.29, 1.82) is 10.2 Å². The second-order valence-electron chi connectivity index (χ2n) is 3.68. The summed E-state index contributed by atoms with van der Waals surface area (Å²) in [6.07, 6.45) is 0. The molecule has 0 aliphatic carbocycles. The molecule has 1 unspecified atom stereocenters. The molecule has 4 nitrogen and oxygen atoms in total. The van der Waals surface area contributed by atoms with Gasteiger partial charge in [0.2, 0.25) is 0 Å². The number of rotatable bonds is 3. The van der Waals surface area contributed by atoms with Crippen LogP contribution in [0.15, 0.2) is 48.4 Å². The molecule has 4 N–H and O–H groups in total. The highest BCUT2D eigenvalue weighted by Crippen LogP contribution is 2.35. The minimum atomic E-state index is -3.12. The van der Waals surface area contributed by atoms with Gasteiger partial charge in [0.15, 0.2) is 0 Å². The first-order valence-corrected chi connectivity index (χ1v) is 8.96. The van der Waals surface area contributed by atoms with Gasteiger partial charge < -0.3 is 5.73 Å². The molecule has 100 valence electrons. The maximum Gasteiger partial charge on any atom is 0.133 e. The van der Waals surface area contributed by atoms with Crippen molar-refractivity contribution < 1.29 is 4.21 Å². The van der Waals surface area contributed by atoms with Gasteiger partial charge in [-0.05, 0) is 40.2 Å². The van der Waals surface area contributed by atoms with Crippen molar-refractivity contribution in [3.63, 3.8) is 0 Å². The summed E-state index contributed by atoms with van der Waals surface area (Å²) in [4.78, 5) is 1.26. The molecule has 0 aliphatic heterocycles. The minimum absolute atomic E-state index is 0.0959. The van der Waals surface area contributed by atoms with Gasteiger partial charge in [-0.15, -0.1) is 11.3 Å². The number of benzene rings is 1. The number of nitrogen functional groups attached to an aromatic ring is 1. The Morgan fingerprint density at radius 3 is 2.53 bits per heavy atom. The molecule has 1 atom stereocenters. The summed E-state index contributed by atoms with van der Waals surface area (Å²) < 4.78 is 22.2. The number of halogens is 2. The van der Waals surface area contributed by atoms with Crippen LogP contribution in [0, 0.1) is 10.2 Å². The van der Waals surface area contributed by atoms with E-state index in [2.05, 4.69) is 31.9 Å². The lowest BCUT2D eigenvalue weighted by Crippen LogP contribution is -2.08. The lowest BCUT2D eigenvalue weighted by Gasteiger charge is -2.06. The van der Waals surface area contributed by atoms with Gasteiger partial charge in [0.05, 0.1) is 18.5 Å². The fourth-order valence-corrected chi connectivity index (χ4v) is 5.84. The molecule has 0 aliphatic rings. The number of hydrogen-bond donors (Lipinski definition) is 3. The van der Waals surface area contributed by atoms with E-state index in [1.807, 2.05) is 6.07 Å². The van der Waals surface area contributed by atoms with Crippen LogP contribution < -0.4 is 5.73 Å². The Morgan fingerprint density at radius 1 is 1.32 bits per heavy atom. The van der Waals surface area contributed by atoms with Crippen LogP contribution in [0.2, 0.25) is 0 Å². The van der Waals surface area contributed by atoms with Gasteiger partial charge in [-0.3, -0.25) is 5.41 Å². The quantitative estimate of drug-likeness (QED) is 0.514. The Balaban J connectivity index is 2.60. The zero-order chi connectivity index (χ0) is 14.2. The fourth-order valence-electron chi connectivity index (χ4n) is 1.45. The van der Waals surface area contributed by atoms with Gasteiger partial charge in [-0.2, -0.15) is 0 Å². The molecule has 0 saturated carbocycles. The van der Waals surface area contributed by atoms with Crippen molar-refractivity contribution in [2.75, 3.05) is 0 Å². The van der Waals surface area contributed by atoms with Gasteiger partial charge in [0.25, 0.3) is 0 Å². The van der Waals surface area contributed by atoms with Crippen LogP contribution in [0.1, 0.15) is 4.88 Å². The Hall–Kier alpha value is -0.700. The van der Waals surface area contributed by atoms with Gasteiger partial charge in [0.1, 0.15) is 15.6 Å². The van der Waals surface area contributed by atoms with E-state index in [0.717, 1.165) is 4.47 Å². The minimum Gasteiger partial charge on any atom is -0.383 e. The van der Waals surface area contributed by atoms with E-state index < -0.39 is 9.73 Å². The summed E-state index contributed by atoms with van der Waals surface area (Å²) in [6.45, 7) is 0. The summed E-state index contributed by atoms with van der Waals surface area (Å²) in [5.74, 6) is -0.0959. The molecule has 2 rings (SSSR count). The molecule has 0 fully saturated rings. The molecule has 2 aromatic rings.